The van der Waals surface area contributed by atoms with E-state index in [2.05, 4.69) is 0 Å². The Morgan fingerprint density at radius 1 is 1.38 bits per heavy atom. The van der Waals surface area contributed by atoms with Gasteiger partial charge in [0.05, 0.1) is 5.56 Å². The van der Waals surface area contributed by atoms with Gasteiger partial charge in [0.1, 0.15) is 5.75 Å². The molecule has 1 unspecified atom stereocenters. The monoisotopic (exact) mass is 233 g/mol. The van der Waals surface area contributed by atoms with Crippen molar-refractivity contribution >= 4 is 0 Å². The quantitative estimate of drug-likeness (QED) is 0.842. The molecule has 0 heterocycles. The van der Waals surface area contributed by atoms with E-state index in [1.807, 2.05) is 6.92 Å². The lowest BCUT2D eigenvalue weighted by atomic mass is 10.00. The molecule has 0 bridgehead atoms. The molecule has 90 valence electrons. The summed E-state index contributed by atoms with van der Waals surface area (Å²) in [7, 11) is 0. The Bertz CT molecular complexity index is 363. The molecule has 5 heteroatoms. The van der Waals surface area contributed by atoms with Gasteiger partial charge >= 0.3 is 6.18 Å². The molecule has 16 heavy (non-hydrogen) atoms. The summed E-state index contributed by atoms with van der Waals surface area (Å²) in [6, 6.07) is 2.23. The van der Waals surface area contributed by atoms with Crippen LogP contribution >= 0.6 is 0 Å². The van der Waals surface area contributed by atoms with Crippen molar-refractivity contribution in [3.63, 3.8) is 0 Å². The number of alkyl halides is 3. The summed E-state index contributed by atoms with van der Waals surface area (Å²) in [6.07, 6.45) is -3.12. The summed E-state index contributed by atoms with van der Waals surface area (Å²) in [6.45, 7) is 1.88. The van der Waals surface area contributed by atoms with Crippen molar-refractivity contribution in [1.29, 1.82) is 0 Å². The smallest absolute Gasteiger partial charge is 0.416 e. The van der Waals surface area contributed by atoms with Gasteiger partial charge in [-0.05, 0) is 24.6 Å². The third-order valence-electron chi connectivity index (χ3n) is 2.35. The number of hydrogen-bond acceptors (Lipinski definition) is 2. The highest BCUT2D eigenvalue weighted by Crippen LogP contribution is 2.34. The summed E-state index contributed by atoms with van der Waals surface area (Å²) in [5, 5.41) is 9.45. The van der Waals surface area contributed by atoms with Crippen molar-refractivity contribution in [3.8, 4) is 5.75 Å². The molecule has 1 atom stereocenters. The van der Waals surface area contributed by atoms with Crippen molar-refractivity contribution in [3.05, 3.63) is 29.3 Å². The van der Waals surface area contributed by atoms with Gasteiger partial charge in [-0.1, -0.05) is 13.3 Å². The van der Waals surface area contributed by atoms with Gasteiger partial charge in [0.25, 0.3) is 0 Å². The van der Waals surface area contributed by atoms with Crippen LogP contribution in [0.1, 0.15) is 36.9 Å². The van der Waals surface area contributed by atoms with Gasteiger partial charge in [-0.3, -0.25) is 0 Å². The first kappa shape index (κ1) is 12.8. The van der Waals surface area contributed by atoms with Crippen molar-refractivity contribution < 1.29 is 18.3 Å². The van der Waals surface area contributed by atoms with Crippen LogP contribution in [0.25, 0.3) is 0 Å². The summed E-state index contributed by atoms with van der Waals surface area (Å²) >= 11 is 0. The maximum Gasteiger partial charge on any atom is 0.416 e. The van der Waals surface area contributed by atoms with Crippen LogP contribution in [0.15, 0.2) is 18.2 Å². The number of nitrogens with two attached hydrogens (primary N) is 1. The normalized spacial score (nSPS) is 13.8. The Labute approximate surface area is 91.9 Å². The molecule has 1 aromatic rings. The molecule has 0 radical (unpaired) electrons. The van der Waals surface area contributed by atoms with Crippen LogP contribution in [0.4, 0.5) is 13.2 Å². The summed E-state index contributed by atoms with van der Waals surface area (Å²) in [5.74, 6) is -0.186. The maximum atomic E-state index is 12.4. The van der Waals surface area contributed by atoms with Crippen molar-refractivity contribution in [1.82, 2.24) is 0 Å². The zero-order chi connectivity index (χ0) is 12.3. The SMILES string of the molecule is CCCC(N)c1cc(C(F)(F)F)ccc1O. The van der Waals surface area contributed by atoms with Gasteiger partial charge in [-0.15, -0.1) is 0 Å². The zero-order valence-corrected chi connectivity index (χ0v) is 8.88. The summed E-state index contributed by atoms with van der Waals surface area (Å²) in [5.41, 5.74) is 5.06. The fraction of sp³-hybridized carbons (Fsp3) is 0.455. The van der Waals surface area contributed by atoms with E-state index in [4.69, 9.17) is 5.73 Å². The van der Waals surface area contributed by atoms with Gasteiger partial charge in [-0.25, -0.2) is 0 Å². The Hall–Kier alpha value is -1.23. The Morgan fingerprint density at radius 2 is 2.00 bits per heavy atom. The van der Waals surface area contributed by atoms with Gasteiger partial charge in [0.2, 0.25) is 0 Å². The first-order valence-corrected chi connectivity index (χ1v) is 5.02. The Morgan fingerprint density at radius 3 is 2.50 bits per heavy atom. The van der Waals surface area contributed by atoms with Crippen LogP contribution in [0.5, 0.6) is 5.75 Å². The van der Waals surface area contributed by atoms with Crippen LogP contribution in [-0.2, 0) is 6.18 Å². The molecule has 3 N–H and O–H groups in total. The van der Waals surface area contributed by atoms with E-state index in [0.29, 0.717) is 6.42 Å². The number of halogens is 3. The lowest BCUT2D eigenvalue weighted by Gasteiger charge is -2.15. The number of rotatable bonds is 3. The van der Waals surface area contributed by atoms with E-state index in [-0.39, 0.29) is 11.3 Å². The number of aromatic hydroxyl groups is 1. The molecule has 1 rings (SSSR count). The molecule has 2 nitrogen and oxygen atoms in total. The average Bonchev–Trinajstić information content (AvgIpc) is 2.16. The van der Waals surface area contributed by atoms with E-state index < -0.39 is 17.8 Å². The van der Waals surface area contributed by atoms with E-state index >= 15 is 0 Å². The van der Waals surface area contributed by atoms with Gasteiger partial charge < -0.3 is 10.8 Å². The number of phenolic OH excluding ortho intramolecular Hbond substituents is 1. The molecule has 0 aromatic heterocycles. The third-order valence-corrected chi connectivity index (χ3v) is 2.35. The third kappa shape index (κ3) is 2.88. The van der Waals surface area contributed by atoms with Crippen LogP contribution in [0, 0.1) is 0 Å². The largest absolute Gasteiger partial charge is 0.508 e. The number of benzene rings is 1. The first-order valence-electron chi connectivity index (χ1n) is 5.02. The molecule has 0 fully saturated rings. The summed E-state index contributed by atoms with van der Waals surface area (Å²) < 4.78 is 37.3. The average molecular weight is 233 g/mol. The van der Waals surface area contributed by atoms with Crippen molar-refractivity contribution in [2.24, 2.45) is 5.73 Å². The maximum absolute atomic E-state index is 12.4. The first-order chi connectivity index (χ1) is 7.36. The van der Waals surface area contributed by atoms with Crippen molar-refractivity contribution in [2.75, 3.05) is 0 Å². The fourth-order valence-electron chi connectivity index (χ4n) is 1.49. The van der Waals surface area contributed by atoms with Gasteiger partial charge in [0.15, 0.2) is 0 Å². The molecule has 0 aliphatic carbocycles. The Balaban J connectivity index is 3.09. The second-order valence-electron chi connectivity index (χ2n) is 3.67. The van der Waals surface area contributed by atoms with Crippen LogP contribution in [0.3, 0.4) is 0 Å². The van der Waals surface area contributed by atoms with E-state index in [1.54, 1.807) is 0 Å². The van der Waals surface area contributed by atoms with E-state index in [0.717, 1.165) is 24.6 Å². The van der Waals surface area contributed by atoms with Crippen LogP contribution < -0.4 is 5.73 Å². The lowest BCUT2D eigenvalue weighted by Crippen LogP contribution is -2.12. The number of phenols is 1. The second-order valence-corrected chi connectivity index (χ2v) is 3.67. The predicted molar refractivity (Wildman–Crippen MR) is 54.9 cm³/mol. The van der Waals surface area contributed by atoms with Crippen LogP contribution in [0.2, 0.25) is 0 Å². The molecule has 0 aliphatic heterocycles. The molecule has 0 spiro atoms. The standard InChI is InChI=1S/C11H14F3NO/c1-2-3-9(15)8-6-7(11(12,13)14)4-5-10(8)16/h4-6,9,16H,2-3,15H2,1H3. The highest BCUT2D eigenvalue weighted by molar-refractivity contribution is 5.39. The van der Waals surface area contributed by atoms with Gasteiger partial charge in [0, 0.05) is 11.6 Å². The minimum Gasteiger partial charge on any atom is -0.508 e. The fourth-order valence-corrected chi connectivity index (χ4v) is 1.49. The van der Waals surface area contributed by atoms with E-state index in [1.165, 1.54) is 0 Å². The lowest BCUT2D eigenvalue weighted by molar-refractivity contribution is -0.137. The van der Waals surface area contributed by atoms with Crippen molar-refractivity contribution in [2.45, 2.75) is 32.0 Å². The molecule has 0 amide bonds. The highest BCUT2D eigenvalue weighted by Gasteiger charge is 2.31. The zero-order valence-electron chi connectivity index (χ0n) is 8.88. The molecular formula is C11H14F3NO. The predicted octanol–water partition coefficient (Wildman–Crippen LogP) is 3.21. The van der Waals surface area contributed by atoms with E-state index in [9.17, 15) is 18.3 Å². The number of hydrogen-bond donors (Lipinski definition) is 2. The minimum absolute atomic E-state index is 0.150. The minimum atomic E-state index is -4.41. The molecule has 0 saturated heterocycles. The second kappa shape index (κ2) is 4.74. The molecule has 1 aromatic carbocycles. The molecule has 0 saturated carbocycles. The highest BCUT2D eigenvalue weighted by atomic mass is 19.4. The van der Waals surface area contributed by atoms with Crippen LogP contribution in [-0.4, -0.2) is 5.11 Å². The Kier molecular flexibility index (Phi) is 3.80. The molecular weight excluding hydrogens is 219 g/mol. The molecule has 0 aliphatic rings. The topological polar surface area (TPSA) is 46.2 Å². The van der Waals surface area contributed by atoms with Gasteiger partial charge in [-0.2, -0.15) is 13.2 Å². The summed E-state index contributed by atoms with van der Waals surface area (Å²) in [4.78, 5) is 0.